The van der Waals surface area contributed by atoms with Crippen molar-refractivity contribution in [2.24, 2.45) is 5.41 Å². The van der Waals surface area contributed by atoms with Gasteiger partial charge < -0.3 is 9.64 Å². The fourth-order valence-corrected chi connectivity index (χ4v) is 2.01. The minimum absolute atomic E-state index is 0.135. The van der Waals surface area contributed by atoms with Gasteiger partial charge in [-0.2, -0.15) is 0 Å². The largest absolute Gasteiger partial charge is 0.465 e. The Morgan fingerprint density at radius 3 is 2.43 bits per heavy atom. The second-order valence-electron chi connectivity index (χ2n) is 5.62. The molecule has 0 spiro atoms. The summed E-state index contributed by atoms with van der Waals surface area (Å²) in [6.45, 7) is 10.2. The van der Waals surface area contributed by atoms with Crippen LogP contribution in [0.1, 0.15) is 33.3 Å². The summed E-state index contributed by atoms with van der Waals surface area (Å²) < 4.78 is 4.99. The first-order chi connectivity index (χ1) is 9.82. The topological polar surface area (TPSA) is 46.6 Å². The van der Waals surface area contributed by atoms with Crippen LogP contribution in [-0.4, -0.2) is 31.4 Å². The van der Waals surface area contributed by atoms with Gasteiger partial charge in [-0.05, 0) is 52.3 Å². The third kappa shape index (κ3) is 4.31. The summed E-state index contributed by atoms with van der Waals surface area (Å²) in [5.74, 6) is -0.598. The van der Waals surface area contributed by atoms with Gasteiger partial charge in [-0.1, -0.05) is 12.1 Å². The van der Waals surface area contributed by atoms with E-state index in [1.807, 2.05) is 43.0 Å². The molecule has 4 heteroatoms. The minimum Gasteiger partial charge on any atom is -0.465 e. The second-order valence-corrected chi connectivity index (χ2v) is 5.62. The van der Waals surface area contributed by atoms with Gasteiger partial charge in [0.15, 0.2) is 5.78 Å². The van der Waals surface area contributed by atoms with E-state index in [-0.39, 0.29) is 18.9 Å². The number of anilines is 1. The summed E-state index contributed by atoms with van der Waals surface area (Å²) in [5.41, 5.74) is 1.02. The maximum absolute atomic E-state index is 12.5. The van der Waals surface area contributed by atoms with E-state index in [2.05, 4.69) is 0 Å². The smallest absolute Gasteiger partial charge is 0.319 e. The zero-order chi connectivity index (χ0) is 16.0. The van der Waals surface area contributed by atoms with Crippen LogP contribution in [0.4, 0.5) is 5.69 Å². The molecule has 4 nitrogen and oxygen atoms in total. The van der Waals surface area contributed by atoms with Crippen molar-refractivity contribution in [2.75, 3.05) is 24.6 Å². The summed E-state index contributed by atoms with van der Waals surface area (Å²) in [6.07, 6.45) is 0. The molecule has 0 saturated heterocycles. The number of likely N-dealkylation sites (N-methyl/N-ethyl adjacent to an activating group) is 1. The maximum Gasteiger partial charge on any atom is 0.319 e. The van der Waals surface area contributed by atoms with Crippen molar-refractivity contribution in [1.29, 1.82) is 0 Å². The molecule has 0 radical (unpaired) electrons. The van der Waals surface area contributed by atoms with Gasteiger partial charge in [0.2, 0.25) is 0 Å². The molecular weight excluding hydrogens is 266 g/mol. The highest BCUT2D eigenvalue weighted by atomic mass is 16.5. The quantitative estimate of drug-likeness (QED) is 0.572. The lowest BCUT2D eigenvalue weighted by molar-refractivity contribution is -0.157. The number of benzene rings is 1. The fraction of sp³-hybridized carbons (Fsp3) is 0.529. The zero-order valence-electron chi connectivity index (χ0n) is 13.6. The molecular formula is C17H25NO3. The van der Waals surface area contributed by atoms with E-state index in [1.165, 1.54) is 0 Å². The van der Waals surface area contributed by atoms with Crippen molar-refractivity contribution < 1.29 is 14.3 Å². The Morgan fingerprint density at radius 1 is 1.24 bits per heavy atom. The highest BCUT2D eigenvalue weighted by Crippen LogP contribution is 2.22. The van der Waals surface area contributed by atoms with Crippen molar-refractivity contribution in [3.8, 4) is 0 Å². The van der Waals surface area contributed by atoms with Gasteiger partial charge >= 0.3 is 5.97 Å². The Bertz CT molecular complexity index is 509. The highest BCUT2D eigenvalue weighted by molar-refractivity contribution is 6.04. The number of aryl methyl sites for hydroxylation is 1. The number of ketones is 1. The average molecular weight is 291 g/mol. The third-order valence-electron chi connectivity index (χ3n) is 3.57. The van der Waals surface area contributed by atoms with Gasteiger partial charge in [-0.15, -0.1) is 0 Å². The van der Waals surface area contributed by atoms with Crippen LogP contribution in [0.3, 0.4) is 0 Å². The number of carbonyl (C=O) groups is 2. The highest BCUT2D eigenvalue weighted by Gasteiger charge is 2.37. The van der Waals surface area contributed by atoms with E-state index >= 15 is 0 Å². The molecule has 0 atom stereocenters. The van der Waals surface area contributed by atoms with E-state index in [0.717, 1.165) is 11.3 Å². The molecule has 0 amide bonds. The van der Waals surface area contributed by atoms with E-state index in [1.54, 1.807) is 20.8 Å². The third-order valence-corrected chi connectivity index (χ3v) is 3.57. The van der Waals surface area contributed by atoms with Crippen LogP contribution in [0, 0.1) is 12.3 Å². The van der Waals surface area contributed by atoms with Crippen LogP contribution >= 0.6 is 0 Å². The molecule has 0 aliphatic carbocycles. The van der Waals surface area contributed by atoms with Crippen LogP contribution < -0.4 is 4.90 Å². The molecule has 0 aromatic heterocycles. The number of esters is 1. The van der Waals surface area contributed by atoms with Crippen LogP contribution in [0.5, 0.6) is 0 Å². The van der Waals surface area contributed by atoms with Gasteiger partial charge in [0.1, 0.15) is 5.41 Å². The molecule has 1 aromatic rings. The summed E-state index contributed by atoms with van der Waals surface area (Å²) >= 11 is 0. The minimum atomic E-state index is -1.12. The van der Waals surface area contributed by atoms with Gasteiger partial charge in [-0.25, -0.2) is 0 Å². The first-order valence-corrected chi connectivity index (χ1v) is 7.35. The Kier molecular flexibility index (Phi) is 5.94. The molecule has 0 unspecified atom stereocenters. The molecule has 0 bridgehead atoms. The van der Waals surface area contributed by atoms with Gasteiger partial charge in [-0.3, -0.25) is 9.59 Å². The number of ether oxygens (including phenoxy) is 1. The monoisotopic (exact) mass is 291 g/mol. The number of nitrogens with zero attached hydrogens (tertiary/aromatic N) is 1. The molecule has 0 aliphatic rings. The number of rotatable bonds is 7. The van der Waals surface area contributed by atoms with Gasteiger partial charge in [0.25, 0.3) is 0 Å². The van der Waals surface area contributed by atoms with Crippen LogP contribution in [0.15, 0.2) is 24.3 Å². The van der Waals surface area contributed by atoms with Crippen LogP contribution in [0.2, 0.25) is 0 Å². The lowest BCUT2D eigenvalue weighted by atomic mass is 9.87. The summed E-state index contributed by atoms with van der Waals surface area (Å²) in [6, 6.07) is 7.99. The Balaban J connectivity index is 2.86. The van der Waals surface area contributed by atoms with Crippen molar-refractivity contribution in [2.45, 2.75) is 34.6 Å². The Morgan fingerprint density at radius 2 is 1.90 bits per heavy atom. The van der Waals surface area contributed by atoms with E-state index < -0.39 is 11.4 Å². The van der Waals surface area contributed by atoms with Gasteiger partial charge in [0, 0.05) is 12.2 Å². The lowest BCUT2D eigenvalue weighted by Crippen LogP contribution is -2.42. The molecule has 0 fully saturated rings. The van der Waals surface area contributed by atoms with E-state index in [9.17, 15) is 9.59 Å². The zero-order valence-corrected chi connectivity index (χ0v) is 13.6. The average Bonchev–Trinajstić information content (AvgIpc) is 2.44. The van der Waals surface area contributed by atoms with Gasteiger partial charge in [0.05, 0.1) is 13.2 Å². The van der Waals surface area contributed by atoms with E-state index in [0.29, 0.717) is 6.54 Å². The SMILES string of the molecule is CCOC(=O)C(C)(C)C(=O)CN(CC)c1cccc(C)c1. The standard InChI is InChI=1S/C17H25NO3/c1-6-18(14-10-8-9-13(3)11-14)12-15(19)17(4,5)16(20)21-7-2/h8-11H,6-7,12H2,1-5H3. The molecule has 116 valence electrons. The molecule has 0 saturated carbocycles. The van der Waals surface area contributed by atoms with Crippen molar-refractivity contribution in [3.63, 3.8) is 0 Å². The number of Topliss-reactive ketones (excluding diaryl/α,β-unsaturated/α-hetero) is 1. The van der Waals surface area contributed by atoms with Crippen LogP contribution in [-0.2, 0) is 14.3 Å². The predicted molar refractivity (Wildman–Crippen MR) is 84.5 cm³/mol. The molecule has 0 N–H and O–H groups in total. The molecule has 0 heterocycles. The number of hydrogen-bond donors (Lipinski definition) is 0. The van der Waals surface area contributed by atoms with Crippen molar-refractivity contribution in [3.05, 3.63) is 29.8 Å². The van der Waals surface area contributed by atoms with Crippen LogP contribution in [0.25, 0.3) is 0 Å². The first kappa shape index (κ1) is 17.2. The molecule has 1 aromatic carbocycles. The maximum atomic E-state index is 12.5. The summed E-state index contributed by atoms with van der Waals surface area (Å²) in [5, 5.41) is 0. The Labute approximate surface area is 127 Å². The fourth-order valence-electron chi connectivity index (χ4n) is 2.01. The molecule has 0 aliphatic heterocycles. The number of hydrogen-bond acceptors (Lipinski definition) is 4. The molecule has 1 rings (SSSR count). The second kappa shape index (κ2) is 7.25. The Hall–Kier alpha value is -1.84. The van der Waals surface area contributed by atoms with E-state index in [4.69, 9.17) is 4.74 Å². The predicted octanol–water partition coefficient (Wildman–Crippen LogP) is 2.98. The van der Waals surface area contributed by atoms with Crippen molar-refractivity contribution in [1.82, 2.24) is 0 Å². The normalized spacial score (nSPS) is 11.1. The summed E-state index contributed by atoms with van der Waals surface area (Å²) in [4.78, 5) is 26.3. The summed E-state index contributed by atoms with van der Waals surface area (Å²) in [7, 11) is 0. The number of carbonyl (C=O) groups excluding carboxylic acids is 2. The van der Waals surface area contributed by atoms with Crippen molar-refractivity contribution >= 4 is 17.4 Å². The lowest BCUT2D eigenvalue weighted by Gasteiger charge is -2.27. The molecule has 21 heavy (non-hydrogen) atoms. The first-order valence-electron chi connectivity index (χ1n) is 7.35.